The SMILES string of the molecule is CCCCCCCCCN1CCCC1CCl. The molecule has 1 atom stereocenters. The van der Waals surface area contributed by atoms with E-state index in [0.717, 1.165) is 5.88 Å². The lowest BCUT2D eigenvalue weighted by Crippen LogP contribution is -2.31. The van der Waals surface area contributed by atoms with Crippen LogP contribution in [0.1, 0.15) is 64.7 Å². The summed E-state index contributed by atoms with van der Waals surface area (Å²) in [6.07, 6.45) is 12.5. The number of rotatable bonds is 9. The molecule has 0 aliphatic carbocycles. The van der Waals surface area contributed by atoms with Gasteiger partial charge in [-0.25, -0.2) is 0 Å². The topological polar surface area (TPSA) is 3.24 Å². The third kappa shape index (κ3) is 5.54. The fourth-order valence-electron chi connectivity index (χ4n) is 2.64. The Balaban J connectivity index is 1.90. The van der Waals surface area contributed by atoms with Crippen molar-refractivity contribution >= 4 is 11.6 Å². The van der Waals surface area contributed by atoms with Crippen LogP contribution in [0.15, 0.2) is 0 Å². The highest BCUT2D eigenvalue weighted by atomic mass is 35.5. The van der Waals surface area contributed by atoms with Crippen molar-refractivity contribution in [2.75, 3.05) is 19.0 Å². The molecule has 96 valence electrons. The molecular weight excluding hydrogens is 218 g/mol. The minimum atomic E-state index is 0.682. The first-order valence-corrected chi connectivity index (χ1v) is 7.72. The number of likely N-dealkylation sites (tertiary alicyclic amines) is 1. The Bertz CT molecular complexity index is 161. The molecule has 0 aromatic rings. The van der Waals surface area contributed by atoms with Gasteiger partial charge in [-0.1, -0.05) is 45.4 Å². The molecule has 0 aromatic carbocycles. The van der Waals surface area contributed by atoms with Crippen LogP contribution in [-0.2, 0) is 0 Å². The van der Waals surface area contributed by atoms with Gasteiger partial charge >= 0.3 is 0 Å². The largest absolute Gasteiger partial charge is 0.299 e. The standard InChI is InChI=1S/C14H28ClN/c1-2-3-4-5-6-7-8-11-16-12-9-10-14(16)13-15/h14H,2-13H2,1H3. The maximum atomic E-state index is 5.96. The summed E-state index contributed by atoms with van der Waals surface area (Å²) in [5, 5.41) is 0. The van der Waals surface area contributed by atoms with E-state index in [1.165, 1.54) is 70.9 Å². The Hall–Kier alpha value is 0.250. The van der Waals surface area contributed by atoms with E-state index in [-0.39, 0.29) is 0 Å². The molecule has 1 nitrogen and oxygen atoms in total. The second-order valence-electron chi connectivity index (χ2n) is 5.11. The second kappa shape index (κ2) is 9.30. The van der Waals surface area contributed by atoms with E-state index in [4.69, 9.17) is 11.6 Å². The van der Waals surface area contributed by atoms with Gasteiger partial charge in [0.05, 0.1) is 0 Å². The van der Waals surface area contributed by atoms with Crippen LogP contribution >= 0.6 is 11.6 Å². The van der Waals surface area contributed by atoms with Crippen LogP contribution in [0.2, 0.25) is 0 Å². The fourth-order valence-corrected chi connectivity index (χ4v) is 2.99. The molecule has 2 heteroatoms. The van der Waals surface area contributed by atoms with Crippen LogP contribution in [0.25, 0.3) is 0 Å². The summed E-state index contributed by atoms with van der Waals surface area (Å²) in [5.74, 6) is 0.830. The maximum absolute atomic E-state index is 5.96. The molecule has 0 bridgehead atoms. The molecule has 1 aliphatic heterocycles. The zero-order valence-corrected chi connectivity index (χ0v) is 11.6. The molecule has 1 saturated heterocycles. The smallest absolute Gasteiger partial charge is 0.0379 e. The first kappa shape index (κ1) is 14.3. The van der Waals surface area contributed by atoms with Crippen molar-refractivity contribution < 1.29 is 0 Å². The van der Waals surface area contributed by atoms with Crippen molar-refractivity contribution in [2.24, 2.45) is 0 Å². The third-order valence-electron chi connectivity index (χ3n) is 3.73. The van der Waals surface area contributed by atoms with Crippen molar-refractivity contribution in [1.29, 1.82) is 0 Å². The predicted molar refractivity (Wildman–Crippen MR) is 73.3 cm³/mol. The van der Waals surface area contributed by atoms with E-state index in [9.17, 15) is 0 Å². The number of hydrogen-bond donors (Lipinski definition) is 0. The van der Waals surface area contributed by atoms with E-state index in [1.54, 1.807) is 0 Å². The average Bonchev–Trinajstić information content (AvgIpc) is 2.75. The van der Waals surface area contributed by atoms with E-state index in [2.05, 4.69) is 11.8 Å². The van der Waals surface area contributed by atoms with Gasteiger partial charge in [0.25, 0.3) is 0 Å². The highest BCUT2D eigenvalue weighted by Gasteiger charge is 2.22. The highest BCUT2D eigenvalue weighted by Crippen LogP contribution is 2.19. The van der Waals surface area contributed by atoms with E-state index < -0.39 is 0 Å². The Morgan fingerprint density at radius 3 is 2.44 bits per heavy atom. The van der Waals surface area contributed by atoms with Crippen molar-refractivity contribution in [3.8, 4) is 0 Å². The number of halogens is 1. The van der Waals surface area contributed by atoms with Crippen LogP contribution in [0.4, 0.5) is 0 Å². The van der Waals surface area contributed by atoms with Crippen LogP contribution < -0.4 is 0 Å². The molecule has 0 aromatic heterocycles. The zero-order valence-electron chi connectivity index (χ0n) is 10.9. The third-order valence-corrected chi connectivity index (χ3v) is 4.08. The lowest BCUT2D eigenvalue weighted by Gasteiger charge is -2.22. The van der Waals surface area contributed by atoms with Gasteiger partial charge in [-0.2, -0.15) is 0 Å². The molecule has 1 aliphatic rings. The summed E-state index contributed by atoms with van der Waals surface area (Å²) in [6, 6.07) is 0.682. The van der Waals surface area contributed by atoms with Gasteiger partial charge in [-0.15, -0.1) is 11.6 Å². The maximum Gasteiger partial charge on any atom is 0.0379 e. The number of hydrogen-bond acceptors (Lipinski definition) is 1. The van der Waals surface area contributed by atoms with Gasteiger partial charge < -0.3 is 0 Å². The van der Waals surface area contributed by atoms with Gasteiger partial charge in [0.1, 0.15) is 0 Å². The monoisotopic (exact) mass is 245 g/mol. The first-order chi connectivity index (χ1) is 7.88. The van der Waals surface area contributed by atoms with Crippen LogP contribution in [0, 0.1) is 0 Å². The molecule has 1 rings (SSSR count). The van der Waals surface area contributed by atoms with E-state index in [1.807, 2.05) is 0 Å². The minimum absolute atomic E-state index is 0.682. The normalized spacial score (nSPS) is 21.8. The first-order valence-electron chi connectivity index (χ1n) is 7.18. The van der Waals surface area contributed by atoms with Crippen LogP contribution in [0.5, 0.6) is 0 Å². The average molecular weight is 246 g/mol. The number of unbranched alkanes of at least 4 members (excludes halogenated alkanes) is 6. The van der Waals surface area contributed by atoms with Crippen molar-refractivity contribution in [3.05, 3.63) is 0 Å². The van der Waals surface area contributed by atoms with Gasteiger partial charge in [-0.05, 0) is 32.4 Å². The fraction of sp³-hybridized carbons (Fsp3) is 1.00. The zero-order chi connectivity index (χ0) is 11.6. The van der Waals surface area contributed by atoms with Gasteiger partial charge in [0.15, 0.2) is 0 Å². The van der Waals surface area contributed by atoms with Crippen molar-refractivity contribution in [3.63, 3.8) is 0 Å². The Morgan fingerprint density at radius 1 is 1.06 bits per heavy atom. The van der Waals surface area contributed by atoms with Crippen molar-refractivity contribution in [2.45, 2.75) is 70.8 Å². The lowest BCUT2D eigenvalue weighted by molar-refractivity contribution is 0.264. The van der Waals surface area contributed by atoms with E-state index >= 15 is 0 Å². The van der Waals surface area contributed by atoms with Gasteiger partial charge in [0.2, 0.25) is 0 Å². The summed E-state index contributed by atoms with van der Waals surface area (Å²) >= 11 is 5.96. The molecule has 16 heavy (non-hydrogen) atoms. The molecule has 0 saturated carbocycles. The second-order valence-corrected chi connectivity index (χ2v) is 5.42. The lowest BCUT2D eigenvalue weighted by atomic mass is 10.1. The molecule has 1 heterocycles. The highest BCUT2D eigenvalue weighted by molar-refractivity contribution is 6.18. The predicted octanol–water partition coefficient (Wildman–Crippen LogP) is 4.44. The summed E-state index contributed by atoms with van der Waals surface area (Å²) < 4.78 is 0. The molecule has 1 fully saturated rings. The molecule has 0 radical (unpaired) electrons. The molecule has 1 unspecified atom stereocenters. The molecular formula is C14H28ClN. The Labute approximate surface area is 107 Å². The summed E-state index contributed by atoms with van der Waals surface area (Å²) in [7, 11) is 0. The Kier molecular flexibility index (Phi) is 8.32. The number of nitrogens with zero attached hydrogens (tertiary/aromatic N) is 1. The quantitative estimate of drug-likeness (QED) is 0.429. The van der Waals surface area contributed by atoms with E-state index in [0.29, 0.717) is 6.04 Å². The molecule has 0 N–H and O–H groups in total. The Morgan fingerprint density at radius 2 is 1.75 bits per heavy atom. The summed E-state index contributed by atoms with van der Waals surface area (Å²) in [5.41, 5.74) is 0. The van der Waals surface area contributed by atoms with Crippen molar-refractivity contribution in [1.82, 2.24) is 4.90 Å². The van der Waals surface area contributed by atoms with Crippen LogP contribution in [0.3, 0.4) is 0 Å². The summed E-state index contributed by atoms with van der Waals surface area (Å²) in [6.45, 7) is 4.85. The molecule has 0 amide bonds. The van der Waals surface area contributed by atoms with Gasteiger partial charge in [-0.3, -0.25) is 4.90 Å². The minimum Gasteiger partial charge on any atom is -0.299 e. The summed E-state index contributed by atoms with van der Waals surface area (Å²) in [4.78, 5) is 2.60. The number of alkyl halides is 1. The van der Waals surface area contributed by atoms with Crippen LogP contribution in [-0.4, -0.2) is 29.9 Å². The molecule has 0 spiro atoms. The van der Waals surface area contributed by atoms with Gasteiger partial charge in [0, 0.05) is 11.9 Å².